The third-order valence-corrected chi connectivity index (χ3v) is 5.37. The number of carbonyl (C=O) groups is 2. The minimum absolute atomic E-state index is 0.0717. The van der Waals surface area contributed by atoms with Crippen molar-refractivity contribution >= 4 is 17.7 Å². The number of nitrogens with zero attached hydrogens (tertiary/aromatic N) is 1. The Morgan fingerprint density at radius 2 is 2.00 bits per heavy atom. The fraction of sp³-hybridized carbons (Fsp3) is 0.529. The van der Waals surface area contributed by atoms with Crippen LogP contribution in [-0.2, 0) is 4.79 Å². The highest BCUT2D eigenvalue weighted by atomic mass is 19.1. The molecule has 7 nitrogen and oxygen atoms in total. The van der Waals surface area contributed by atoms with Crippen molar-refractivity contribution in [3.8, 4) is 11.5 Å². The van der Waals surface area contributed by atoms with Gasteiger partial charge in [-0.2, -0.15) is 4.39 Å². The molecular formula is C17H20F2N2O5. The molecule has 0 bridgehead atoms. The van der Waals surface area contributed by atoms with Gasteiger partial charge in [-0.1, -0.05) is 6.42 Å². The molecule has 2 amide bonds. The Hall–Kier alpha value is -2.58. The number of likely N-dealkylation sites (tertiary alicyclic amines) is 1. The molecule has 1 saturated heterocycles. The minimum Gasteiger partial charge on any atom is -0.491 e. The van der Waals surface area contributed by atoms with Crippen molar-refractivity contribution in [2.75, 3.05) is 32.6 Å². The van der Waals surface area contributed by atoms with Crippen LogP contribution in [0.3, 0.4) is 0 Å². The summed E-state index contributed by atoms with van der Waals surface area (Å²) in [6.45, 7) is 0.365. The fourth-order valence-electron chi connectivity index (χ4n) is 4.05. The van der Waals surface area contributed by atoms with E-state index in [2.05, 4.69) is 10.1 Å². The number of nitrogens with one attached hydrogen (secondary N) is 1. The summed E-state index contributed by atoms with van der Waals surface area (Å²) in [5.74, 6) is -4.04. The van der Waals surface area contributed by atoms with Crippen molar-refractivity contribution in [2.45, 2.75) is 19.3 Å². The largest absolute Gasteiger partial charge is 0.491 e. The number of halogens is 2. The summed E-state index contributed by atoms with van der Waals surface area (Å²) in [6.07, 6.45) is 2.08. The van der Waals surface area contributed by atoms with E-state index in [1.807, 2.05) is 0 Å². The van der Waals surface area contributed by atoms with Gasteiger partial charge in [0.15, 0.2) is 17.3 Å². The quantitative estimate of drug-likeness (QED) is 0.851. The van der Waals surface area contributed by atoms with E-state index in [1.54, 1.807) is 0 Å². The van der Waals surface area contributed by atoms with Crippen molar-refractivity contribution in [2.24, 2.45) is 11.3 Å². The van der Waals surface area contributed by atoms with E-state index in [1.165, 1.54) is 12.0 Å². The molecule has 0 radical (unpaired) electrons. The van der Waals surface area contributed by atoms with E-state index >= 15 is 0 Å². The van der Waals surface area contributed by atoms with Crippen LogP contribution in [0, 0.1) is 23.0 Å². The van der Waals surface area contributed by atoms with Crippen LogP contribution in [0.25, 0.3) is 0 Å². The maximum absolute atomic E-state index is 14.2. The van der Waals surface area contributed by atoms with Crippen LogP contribution in [0.1, 0.15) is 19.3 Å². The number of fused-ring (bicyclic) bond motifs is 1. The number of ether oxygens (including phenoxy) is 2. The lowest BCUT2D eigenvalue weighted by Gasteiger charge is -2.23. The molecule has 1 heterocycles. The zero-order valence-electron chi connectivity index (χ0n) is 14.5. The number of hydrogen-bond acceptors (Lipinski definition) is 4. The molecule has 142 valence electrons. The smallest absolute Gasteiger partial charge is 0.321 e. The maximum atomic E-state index is 14.2. The number of carboxylic acid groups (broad SMARTS) is 1. The number of urea groups is 1. The average Bonchev–Trinajstić information content (AvgIpc) is 3.13. The number of amides is 2. The second kappa shape index (κ2) is 6.62. The molecule has 1 aliphatic carbocycles. The van der Waals surface area contributed by atoms with Crippen LogP contribution in [0.5, 0.6) is 11.5 Å². The number of rotatable bonds is 4. The van der Waals surface area contributed by atoms with Crippen LogP contribution in [0.4, 0.5) is 19.3 Å². The van der Waals surface area contributed by atoms with Gasteiger partial charge in [0.05, 0.1) is 25.3 Å². The molecule has 2 fully saturated rings. The summed E-state index contributed by atoms with van der Waals surface area (Å²) >= 11 is 0. The van der Waals surface area contributed by atoms with Gasteiger partial charge >= 0.3 is 12.0 Å². The molecule has 0 unspecified atom stereocenters. The first-order valence-corrected chi connectivity index (χ1v) is 8.23. The van der Waals surface area contributed by atoms with Crippen LogP contribution >= 0.6 is 0 Å². The number of benzene rings is 1. The van der Waals surface area contributed by atoms with Gasteiger partial charge in [0.25, 0.3) is 0 Å². The Kier molecular flexibility index (Phi) is 4.64. The predicted molar refractivity (Wildman–Crippen MR) is 87.5 cm³/mol. The summed E-state index contributed by atoms with van der Waals surface area (Å²) in [5, 5.41) is 12.0. The second-order valence-electron chi connectivity index (χ2n) is 6.65. The van der Waals surface area contributed by atoms with Gasteiger partial charge in [0.1, 0.15) is 0 Å². The molecule has 26 heavy (non-hydrogen) atoms. The number of carbonyl (C=O) groups excluding carboxylic acids is 1. The first kappa shape index (κ1) is 18.2. The molecule has 2 atom stereocenters. The van der Waals surface area contributed by atoms with E-state index in [9.17, 15) is 23.5 Å². The van der Waals surface area contributed by atoms with Crippen molar-refractivity contribution in [3.05, 3.63) is 17.7 Å². The van der Waals surface area contributed by atoms with E-state index in [4.69, 9.17) is 4.74 Å². The second-order valence-corrected chi connectivity index (χ2v) is 6.65. The van der Waals surface area contributed by atoms with Gasteiger partial charge in [0.2, 0.25) is 5.82 Å². The first-order valence-electron chi connectivity index (χ1n) is 8.23. The van der Waals surface area contributed by atoms with Gasteiger partial charge in [-0.25, -0.2) is 9.18 Å². The Balaban J connectivity index is 1.82. The number of aliphatic carboxylic acids is 1. The molecule has 1 aromatic rings. The molecular weight excluding hydrogens is 350 g/mol. The lowest BCUT2D eigenvalue weighted by atomic mass is 9.81. The van der Waals surface area contributed by atoms with E-state index in [0.717, 1.165) is 26.0 Å². The number of hydrogen-bond donors (Lipinski definition) is 2. The van der Waals surface area contributed by atoms with Gasteiger partial charge in [-0.3, -0.25) is 4.79 Å². The molecule has 1 aromatic carbocycles. The fourth-order valence-corrected chi connectivity index (χ4v) is 4.05. The molecule has 0 spiro atoms. The lowest BCUT2D eigenvalue weighted by Crippen LogP contribution is -2.38. The predicted octanol–water partition coefficient (Wildman–Crippen LogP) is 2.70. The number of methoxy groups -OCH3 is 2. The normalized spacial score (nSPS) is 24.3. The summed E-state index contributed by atoms with van der Waals surface area (Å²) < 4.78 is 37.8. The summed E-state index contributed by atoms with van der Waals surface area (Å²) in [7, 11) is 2.30. The Morgan fingerprint density at radius 3 is 2.58 bits per heavy atom. The van der Waals surface area contributed by atoms with Gasteiger partial charge in [-0.05, 0) is 18.8 Å². The molecule has 0 aromatic heterocycles. The number of anilines is 1. The Labute approximate surface area is 148 Å². The van der Waals surface area contributed by atoms with Crippen molar-refractivity contribution in [1.29, 1.82) is 0 Å². The zero-order valence-corrected chi connectivity index (χ0v) is 14.5. The van der Waals surface area contributed by atoms with Crippen LogP contribution in [0.2, 0.25) is 0 Å². The third kappa shape index (κ3) is 2.71. The van der Waals surface area contributed by atoms with Crippen molar-refractivity contribution in [1.82, 2.24) is 4.90 Å². The number of carboxylic acids is 1. The summed E-state index contributed by atoms with van der Waals surface area (Å²) in [5.41, 5.74) is -1.12. The molecule has 9 heteroatoms. The molecule has 1 aliphatic heterocycles. The zero-order chi connectivity index (χ0) is 19.1. The van der Waals surface area contributed by atoms with Crippen molar-refractivity contribution < 1.29 is 33.0 Å². The van der Waals surface area contributed by atoms with Crippen LogP contribution in [0.15, 0.2) is 6.07 Å². The van der Waals surface area contributed by atoms with E-state index in [-0.39, 0.29) is 23.9 Å². The van der Waals surface area contributed by atoms with Gasteiger partial charge in [0, 0.05) is 19.2 Å². The van der Waals surface area contributed by atoms with Crippen molar-refractivity contribution in [3.63, 3.8) is 0 Å². The monoisotopic (exact) mass is 370 g/mol. The molecule has 3 rings (SSSR count). The lowest BCUT2D eigenvalue weighted by molar-refractivity contribution is -0.149. The van der Waals surface area contributed by atoms with Crippen LogP contribution in [-0.4, -0.2) is 49.3 Å². The van der Waals surface area contributed by atoms with Gasteiger partial charge in [-0.15, -0.1) is 0 Å². The standard InChI is InChI=1S/C17H20F2N2O5/c1-25-13-10(18)6-11(14(26-2)12(13)19)20-16(24)21-7-9-4-3-5-17(9,8-21)15(22)23/h6,9H,3-5,7-8H2,1-2H3,(H,20,24)(H,22,23)/t9-,17+/m0/s1. The minimum atomic E-state index is -1.06. The molecule has 1 saturated carbocycles. The van der Waals surface area contributed by atoms with E-state index in [0.29, 0.717) is 13.0 Å². The molecule has 2 N–H and O–H groups in total. The highest BCUT2D eigenvalue weighted by Gasteiger charge is 2.55. The van der Waals surface area contributed by atoms with Gasteiger partial charge < -0.3 is 24.8 Å². The summed E-state index contributed by atoms with van der Waals surface area (Å²) in [6, 6.07) is 0.282. The Morgan fingerprint density at radius 1 is 1.31 bits per heavy atom. The maximum Gasteiger partial charge on any atom is 0.321 e. The average molecular weight is 370 g/mol. The first-order chi connectivity index (χ1) is 12.3. The molecule has 2 aliphatic rings. The van der Waals surface area contributed by atoms with E-state index < -0.39 is 34.8 Å². The van der Waals surface area contributed by atoms with Crippen LogP contribution < -0.4 is 14.8 Å². The SMILES string of the molecule is COc1c(F)cc(NC(=O)N2C[C@@H]3CCC[C@@]3(C(=O)O)C2)c(OC)c1F. The Bertz CT molecular complexity index is 757. The topological polar surface area (TPSA) is 88.1 Å². The summed E-state index contributed by atoms with van der Waals surface area (Å²) in [4.78, 5) is 25.6. The highest BCUT2D eigenvalue weighted by Crippen LogP contribution is 2.49. The highest BCUT2D eigenvalue weighted by molar-refractivity contribution is 5.92. The third-order valence-electron chi connectivity index (χ3n) is 5.37.